The van der Waals surface area contributed by atoms with E-state index >= 15 is 0 Å². The highest BCUT2D eigenvalue weighted by atomic mass is 32.2. The van der Waals surface area contributed by atoms with Crippen LogP contribution in [0.4, 0.5) is 4.79 Å². The number of hydrogen-bond donors (Lipinski definition) is 3. The second-order valence-electron chi connectivity index (χ2n) is 5.99. The molecule has 0 aliphatic rings. The van der Waals surface area contributed by atoms with Gasteiger partial charge < -0.3 is 15.7 Å². The fourth-order valence-corrected chi connectivity index (χ4v) is 2.99. The number of carbonyl (C=O) groups excluding carboxylic acids is 1. The summed E-state index contributed by atoms with van der Waals surface area (Å²) in [4.78, 5) is 24.3. The lowest BCUT2D eigenvalue weighted by Crippen LogP contribution is -2.43. The predicted molar refractivity (Wildman–Crippen MR) is 104 cm³/mol. The minimum atomic E-state index is -0.862. The highest BCUT2D eigenvalue weighted by Gasteiger charge is 2.14. The molecular formula is C20H24N2O3S. The van der Waals surface area contributed by atoms with Crippen molar-refractivity contribution in [1.82, 2.24) is 10.6 Å². The van der Waals surface area contributed by atoms with Gasteiger partial charge in [0.15, 0.2) is 0 Å². The van der Waals surface area contributed by atoms with Crippen molar-refractivity contribution in [3.63, 3.8) is 0 Å². The molecule has 0 spiro atoms. The van der Waals surface area contributed by atoms with E-state index in [2.05, 4.69) is 10.6 Å². The molecule has 0 heterocycles. The van der Waals surface area contributed by atoms with Crippen LogP contribution in [-0.4, -0.2) is 29.4 Å². The molecule has 0 saturated heterocycles. The molecule has 2 amide bonds. The van der Waals surface area contributed by atoms with E-state index in [1.54, 1.807) is 11.8 Å². The number of carboxylic acid groups (broad SMARTS) is 1. The van der Waals surface area contributed by atoms with E-state index in [9.17, 15) is 9.59 Å². The topological polar surface area (TPSA) is 78.4 Å². The molecule has 5 nitrogen and oxygen atoms in total. The third-order valence-electron chi connectivity index (χ3n) is 3.98. The van der Waals surface area contributed by atoms with Gasteiger partial charge in [-0.3, -0.25) is 4.79 Å². The summed E-state index contributed by atoms with van der Waals surface area (Å²) < 4.78 is 0. The molecule has 0 fully saturated rings. The molecule has 138 valence electrons. The number of urea groups is 1. The van der Waals surface area contributed by atoms with Gasteiger partial charge in [-0.25, -0.2) is 4.79 Å². The maximum Gasteiger partial charge on any atom is 0.315 e. The minimum Gasteiger partial charge on any atom is -0.481 e. The summed E-state index contributed by atoms with van der Waals surface area (Å²) >= 11 is 1.67. The van der Waals surface area contributed by atoms with Crippen molar-refractivity contribution >= 4 is 23.8 Å². The number of hydrogen-bond acceptors (Lipinski definition) is 3. The highest BCUT2D eigenvalue weighted by molar-refractivity contribution is 7.98. The van der Waals surface area contributed by atoms with Crippen LogP contribution in [0.3, 0.4) is 0 Å². The van der Waals surface area contributed by atoms with E-state index in [1.165, 1.54) is 4.90 Å². The molecule has 26 heavy (non-hydrogen) atoms. The number of benzene rings is 2. The van der Waals surface area contributed by atoms with Crippen molar-refractivity contribution in [3.05, 3.63) is 65.7 Å². The van der Waals surface area contributed by atoms with Crippen LogP contribution in [0, 0.1) is 0 Å². The van der Waals surface area contributed by atoms with Crippen molar-refractivity contribution in [2.75, 3.05) is 6.26 Å². The molecule has 2 aromatic carbocycles. The largest absolute Gasteiger partial charge is 0.481 e. The average Bonchev–Trinajstić information content (AvgIpc) is 2.65. The van der Waals surface area contributed by atoms with Crippen molar-refractivity contribution in [2.45, 2.75) is 36.7 Å². The Kier molecular flexibility index (Phi) is 8.02. The molecule has 0 aromatic heterocycles. The molecule has 0 saturated carbocycles. The maximum atomic E-state index is 12.2. The molecule has 1 atom stereocenters. The molecule has 3 N–H and O–H groups in total. The molecule has 6 heteroatoms. The Bertz CT molecular complexity index is 705. The van der Waals surface area contributed by atoms with Gasteiger partial charge in [0.25, 0.3) is 0 Å². The van der Waals surface area contributed by atoms with E-state index in [1.807, 2.05) is 60.9 Å². The molecule has 2 aromatic rings. The molecule has 0 aliphatic carbocycles. The Morgan fingerprint density at radius 3 is 2.35 bits per heavy atom. The number of carbonyl (C=O) groups is 2. The first kappa shape index (κ1) is 19.8. The smallest absolute Gasteiger partial charge is 0.315 e. The zero-order valence-electron chi connectivity index (χ0n) is 14.8. The summed E-state index contributed by atoms with van der Waals surface area (Å²) in [5.41, 5.74) is 2.08. The Labute approximate surface area is 158 Å². The van der Waals surface area contributed by atoms with E-state index in [0.29, 0.717) is 19.4 Å². The van der Waals surface area contributed by atoms with Crippen molar-refractivity contribution in [3.8, 4) is 0 Å². The molecule has 0 radical (unpaired) electrons. The number of nitrogens with one attached hydrogen (secondary N) is 2. The first-order valence-electron chi connectivity index (χ1n) is 8.50. The maximum absolute atomic E-state index is 12.2. The third-order valence-corrected chi connectivity index (χ3v) is 4.72. The second kappa shape index (κ2) is 10.5. The third kappa shape index (κ3) is 7.19. The van der Waals surface area contributed by atoms with Crippen LogP contribution in [-0.2, 0) is 17.8 Å². The lowest BCUT2D eigenvalue weighted by molar-refractivity contribution is -0.137. The Balaban J connectivity index is 1.88. The normalized spacial score (nSPS) is 11.6. The molecule has 2 rings (SSSR count). The van der Waals surface area contributed by atoms with Gasteiger partial charge in [-0.05, 0) is 42.4 Å². The highest BCUT2D eigenvalue weighted by Crippen LogP contribution is 2.14. The van der Waals surface area contributed by atoms with Crippen LogP contribution in [0.5, 0.6) is 0 Å². The van der Waals surface area contributed by atoms with Gasteiger partial charge in [0.2, 0.25) is 0 Å². The first-order valence-corrected chi connectivity index (χ1v) is 9.72. The van der Waals surface area contributed by atoms with Gasteiger partial charge in [-0.1, -0.05) is 42.5 Å². The number of aliphatic carboxylic acids is 1. The number of carboxylic acids is 1. The summed E-state index contributed by atoms with van der Waals surface area (Å²) in [6.07, 6.45) is 3.03. The molecule has 0 aliphatic heterocycles. The number of thioether (sulfide) groups is 1. The van der Waals surface area contributed by atoms with Crippen LogP contribution in [0.1, 0.15) is 24.0 Å². The zero-order chi connectivity index (χ0) is 18.8. The SMILES string of the molecule is CSc1ccc(CNC(=O)NC(CCC(=O)O)Cc2ccccc2)cc1. The summed E-state index contributed by atoms with van der Waals surface area (Å²) in [5.74, 6) is -0.862. The fourth-order valence-electron chi connectivity index (χ4n) is 2.58. The van der Waals surface area contributed by atoms with Crippen LogP contribution >= 0.6 is 11.8 Å². The van der Waals surface area contributed by atoms with Gasteiger partial charge in [0.05, 0.1) is 0 Å². The zero-order valence-corrected chi connectivity index (χ0v) is 15.6. The Morgan fingerprint density at radius 1 is 1.04 bits per heavy atom. The summed E-state index contributed by atoms with van der Waals surface area (Å²) in [6, 6.07) is 17.2. The van der Waals surface area contributed by atoms with E-state index in [-0.39, 0.29) is 18.5 Å². The summed E-state index contributed by atoms with van der Waals surface area (Å²) in [7, 11) is 0. The first-order chi connectivity index (χ1) is 12.6. The van der Waals surface area contributed by atoms with Crippen LogP contribution < -0.4 is 10.6 Å². The monoisotopic (exact) mass is 372 g/mol. The minimum absolute atomic E-state index is 0.0218. The fraction of sp³-hybridized carbons (Fsp3) is 0.300. The quantitative estimate of drug-likeness (QED) is 0.587. The van der Waals surface area contributed by atoms with Crippen LogP contribution in [0.25, 0.3) is 0 Å². The van der Waals surface area contributed by atoms with Crippen molar-refractivity contribution in [1.29, 1.82) is 0 Å². The Hall–Kier alpha value is -2.47. The van der Waals surface area contributed by atoms with Crippen LogP contribution in [0.2, 0.25) is 0 Å². The van der Waals surface area contributed by atoms with Gasteiger partial charge in [0.1, 0.15) is 0 Å². The van der Waals surface area contributed by atoms with Gasteiger partial charge in [-0.15, -0.1) is 11.8 Å². The van der Waals surface area contributed by atoms with Gasteiger partial charge in [-0.2, -0.15) is 0 Å². The number of amides is 2. The molecule has 0 bridgehead atoms. The molecule has 1 unspecified atom stereocenters. The van der Waals surface area contributed by atoms with Crippen molar-refractivity contribution in [2.24, 2.45) is 0 Å². The van der Waals surface area contributed by atoms with E-state index in [0.717, 1.165) is 11.1 Å². The lowest BCUT2D eigenvalue weighted by Gasteiger charge is -2.19. The van der Waals surface area contributed by atoms with Crippen LogP contribution in [0.15, 0.2) is 59.5 Å². The molecular weight excluding hydrogens is 348 g/mol. The number of rotatable bonds is 9. The van der Waals surface area contributed by atoms with Gasteiger partial charge >= 0.3 is 12.0 Å². The second-order valence-corrected chi connectivity index (χ2v) is 6.87. The predicted octanol–water partition coefficient (Wildman–Crippen LogP) is 3.68. The van der Waals surface area contributed by atoms with E-state index < -0.39 is 5.97 Å². The van der Waals surface area contributed by atoms with E-state index in [4.69, 9.17) is 5.11 Å². The lowest BCUT2D eigenvalue weighted by atomic mass is 10.0. The summed E-state index contributed by atoms with van der Waals surface area (Å²) in [5, 5.41) is 14.7. The van der Waals surface area contributed by atoms with Crippen molar-refractivity contribution < 1.29 is 14.7 Å². The Morgan fingerprint density at radius 2 is 1.73 bits per heavy atom. The van der Waals surface area contributed by atoms with Gasteiger partial charge in [0, 0.05) is 23.9 Å². The average molecular weight is 372 g/mol. The summed E-state index contributed by atoms with van der Waals surface area (Å²) in [6.45, 7) is 0.428. The standard InChI is InChI=1S/C20H24N2O3S/c1-26-18-10-7-16(8-11-18)14-21-20(25)22-17(9-12-19(23)24)13-15-5-3-2-4-6-15/h2-8,10-11,17H,9,12-14H2,1H3,(H,23,24)(H2,21,22,25).